The van der Waals surface area contributed by atoms with Crippen molar-refractivity contribution in [3.8, 4) is 5.88 Å². The van der Waals surface area contributed by atoms with Crippen LogP contribution in [0.1, 0.15) is 29.6 Å². The molecule has 1 aromatic rings. The van der Waals surface area contributed by atoms with E-state index in [9.17, 15) is 4.79 Å². The lowest BCUT2D eigenvalue weighted by atomic mass is 10.2. The Bertz CT molecular complexity index is 395. The van der Waals surface area contributed by atoms with Gasteiger partial charge in [-0.2, -0.15) is 0 Å². The minimum absolute atomic E-state index is 0.0164. The van der Waals surface area contributed by atoms with Crippen LogP contribution in [0.15, 0.2) is 18.3 Å². The van der Waals surface area contributed by atoms with Crippen LogP contribution in [0.25, 0.3) is 0 Å². The van der Waals surface area contributed by atoms with E-state index in [4.69, 9.17) is 16.2 Å². The molecule has 1 saturated carbocycles. The summed E-state index contributed by atoms with van der Waals surface area (Å²) in [5, 5.41) is 0. The van der Waals surface area contributed by atoms with Crippen LogP contribution >= 0.6 is 0 Å². The van der Waals surface area contributed by atoms with Gasteiger partial charge in [-0.1, -0.05) is 0 Å². The van der Waals surface area contributed by atoms with Crippen LogP contribution in [0.5, 0.6) is 5.88 Å². The molecule has 1 aliphatic carbocycles. The second-order valence-electron chi connectivity index (χ2n) is 3.97. The van der Waals surface area contributed by atoms with Crippen molar-refractivity contribution in [2.24, 2.45) is 11.5 Å². The molecule has 16 heavy (non-hydrogen) atoms. The molecule has 0 aromatic carbocycles. The van der Waals surface area contributed by atoms with Crippen LogP contribution in [0, 0.1) is 0 Å². The van der Waals surface area contributed by atoms with Crippen LogP contribution in [-0.4, -0.2) is 23.0 Å². The lowest BCUT2D eigenvalue weighted by molar-refractivity contribution is 0.0990. The number of aromatic nitrogens is 1. The number of rotatable bonds is 3. The summed E-state index contributed by atoms with van der Waals surface area (Å²) >= 11 is 0. The molecule has 2 rings (SSSR count). The van der Waals surface area contributed by atoms with Crippen molar-refractivity contribution in [3.63, 3.8) is 0 Å². The molecule has 0 aliphatic heterocycles. The first kappa shape index (κ1) is 10.9. The molecule has 1 heterocycles. The van der Waals surface area contributed by atoms with Crippen LogP contribution in [0.4, 0.5) is 0 Å². The molecule has 1 aliphatic rings. The Labute approximate surface area is 93.8 Å². The Morgan fingerprint density at radius 2 is 2.31 bits per heavy atom. The van der Waals surface area contributed by atoms with E-state index in [0.29, 0.717) is 5.56 Å². The summed E-state index contributed by atoms with van der Waals surface area (Å²) < 4.78 is 5.64. The predicted octanol–water partition coefficient (Wildman–Crippen LogP) is 0.439. The fourth-order valence-corrected chi connectivity index (χ4v) is 1.92. The first-order valence-corrected chi connectivity index (χ1v) is 5.35. The average molecular weight is 221 g/mol. The summed E-state index contributed by atoms with van der Waals surface area (Å²) in [5.41, 5.74) is 11.4. The van der Waals surface area contributed by atoms with Crippen molar-refractivity contribution in [2.45, 2.75) is 31.4 Å². The summed E-state index contributed by atoms with van der Waals surface area (Å²) in [6, 6.07) is 3.27. The van der Waals surface area contributed by atoms with Gasteiger partial charge >= 0.3 is 0 Å². The lowest BCUT2D eigenvalue weighted by Crippen LogP contribution is -2.34. The molecule has 0 spiro atoms. The first-order chi connectivity index (χ1) is 7.68. The second-order valence-corrected chi connectivity index (χ2v) is 3.97. The molecular formula is C11H15N3O2. The third kappa shape index (κ3) is 2.14. The zero-order chi connectivity index (χ0) is 11.5. The largest absolute Gasteiger partial charge is 0.472 e. The van der Waals surface area contributed by atoms with Crippen LogP contribution in [-0.2, 0) is 0 Å². The van der Waals surface area contributed by atoms with Crippen molar-refractivity contribution in [3.05, 3.63) is 23.9 Å². The van der Waals surface area contributed by atoms with Gasteiger partial charge in [-0.15, -0.1) is 0 Å². The molecule has 0 saturated heterocycles. The maximum absolute atomic E-state index is 11.1. The van der Waals surface area contributed by atoms with Crippen molar-refractivity contribution in [2.75, 3.05) is 0 Å². The molecule has 2 atom stereocenters. The second kappa shape index (κ2) is 4.49. The average Bonchev–Trinajstić information content (AvgIpc) is 2.65. The molecule has 0 radical (unpaired) electrons. The first-order valence-electron chi connectivity index (χ1n) is 5.35. The Morgan fingerprint density at radius 3 is 2.94 bits per heavy atom. The van der Waals surface area contributed by atoms with E-state index in [1.807, 2.05) is 0 Å². The molecule has 5 nitrogen and oxygen atoms in total. The zero-order valence-electron chi connectivity index (χ0n) is 8.93. The highest BCUT2D eigenvalue weighted by Crippen LogP contribution is 2.24. The summed E-state index contributed by atoms with van der Waals surface area (Å²) in [7, 11) is 0. The standard InChI is InChI=1S/C11H15N3O2/c12-8-4-1-5-9(8)16-11-7(10(13)15)3-2-6-14-11/h2-3,6,8-9H,1,4-5,12H2,(H2,13,15). The number of ether oxygens (including phenoxy) is 1. The lowest BCUT2D eigenvalue weighted by Gasteiger charge is -2.18. The predicted molar refractivity (Wildman–Crippen MR) is 59.0 cm³/mol. The highest BCUT2D eigenvalue weighted by molar-refractivity contribution is 5.94. The molecular weight excluding hydrogens is 206 g/mol. The van der Waals surface area contributed by atoms with Gasteiger partial charge in [-0.05, 0) is 31.4 Å². The van der Waals surface area contributed by atoms with Gasteiger partial charge in [-0.25, -0.2) is 4.98 Å². The van der Waals surface area contributed by atoms with Gasteiger partial charge in [0.05, 0.1) is 0 Å². The summed E-state index contributed by atoms with van der Waals surface area (Å²) in [6.07, 6.45) is 4.40. The molecule has 0 bridgehead atoms. The number of hydrogen-bond acceptors (Lipinski definition) is 4. The monoisotopic (exact) mass is 221 g/mol. The van der Waals surface area contributed by atoms with Gasteiger partial charge in [0.1, 0.15) is 11.7 Å². The van der Waals surface area contributed by atoms with E-state index in [-0.39, 0.29) is 18.0 Å². The highest BCUT2D eigenvalue weighted by Gasteiger charge is 2.27. The fourth-order valence-electron chi connectivity index (χ4n) is 1.92. The van der Waals surface area contributed by atoms with Crippen molar-refractivity contribution in [1.82, 2.24) is 4.98 Å². The minimum atomic E-state index is -0.533. The topological polar surface area (TPSA) is 91.2 Å². The molecule has 86 valence electrons. The van der Waals surface area contributed by atoms with Crippen molar-refractivity contribution >= 4 is 5.91 Å². The molecule has 4 N–H and O–H groups in total. The smallest absolute Gasteiger partial charge is 0.254 e. The number of amides is 1. The van der Waals surface area contributed by atoms with E-state index >= 15 is 0 Å². The molecule has 1 amide bonds. The van der Waals surface area contributed by atoms with E-state index in [2.05, 4.69) is 4.98 Å². The number of primary amides is 1. The Hall–Kier alpha value is -1.62. The van der Waals surface area contributed by atoms with E-state index in [0.717, 1.165) is 19.3 Å². The maximum atomic E-state index is 11.1. The Balaban J connectivity index is 2.17. The van der Waals surface area contributed by atoms with Gasteiger partial charge in [0, 0.05) is 12.2 Å². The number of carbonyl (C=O) groups is 1. The minimum Gasteiger partial charge on any atom is -0.472 e. The van der Waals surface area contributed by atoms with Gasteiger partial charge < -0.3 is 16.2 Å². The number of nitrogens with zero attached hydrogens (tertiary/aromatic N) is 1. The van der Waals surface area contributed by atoms with Crippen LogP contribution in [0.2, 0.25) is 0 Å². The molecule has 2 unspecified atom stereocenters. The zero-order valence-corrected chi connectivity index (χ0v) is 8.93. The summed E-state index contributed by atoms with van der Waals surface area (Å²) in [6.45, 7) is 0. The Kier molecular flexibility index (Phi) is 3.05. The quantitative estimate of drug-likeness (QED) is 0.774. The number of pyridine rings is 1. The van der Waals surface area contributed by atoms with E-state index in [1.165, 1.54) is 0 Å². The molecule has 5 heteroatoms. The number of nitrogens with two attached hydrogens (primary N) is 2. The normalized spacial score (nSPS) is 24.3. The Morgan fingerprint density at radius 1 is 1.50 bits per heavy atom. The van der Waals surface area contributed by atoms with Crippen LogP contribution in [0.3, 0.4) is 0 Å². The van der Waals surface area contributed by atoms with Gasteiger partial charge in [-0.3, -0.25) is 4.79 Å². The molecule has 1 aromatic heterocycles. The number of hydrogen-bond donors (Lipinski definition) is 2. The highest BCUT2D eigenvalue weighted by atomic mass is 16.5. The number of carbonyl (C=O) groups excluding carboxylic acids is 1. The van der Waals surface area contributed by atoms with Crippen molar-refractivity contribution < 1.29 is 9.53 Å². The van der Waals surface area contributed by atoms with E-state index in [1.54, 1.807) is 18.3 Å². The van der Waals surface area contributed by atoms with Crippen molar-refractivity contribution in [1.29, 1.82) is 0 Å². The fraction of sp³-hybridized carbons (Fsp3) is 0.455. The molecule has 1 fully saturated rings. The van der Waals surface area contributed by atoms with Crippen LogP contribution < -0.4 is 16.2 Å². The third-order valence-electron chi connectivity index (χ3n) is 2.80. The maximum Gasteiger partial charge on any atom is 0.254 e. The van der Waals surface area contributed by atoms with Gasteiger partial charge in [0.15, 0.2) is 0 Å². The van der Waals surface area contributed by atoms with E-state index < -0.39 is 5.91 Å². The summed E-state index contributed by atoms with van der Waals surface area (Å²) in [5.74, 6) is -0.244. The third-order valence-corrected chi connectivity index (χ3v) is 2.80. The SMILES string of the molecule is NC(=O)c1cccnc1OC1CCCC1N. The van der Waals surface area contributed by atoms with Gasteiger partial charge in [0.25, 0.3) is 5.91 Å². The summed E-state index contributed by atoms with van der Waals surface area (Å²) in [4.78, 5) is 15.2. The van der Waals surface area contributed by atoms with Gasteiger partial charge in [0.2, 0.25) is 5.88 Å².